The minimum Gasteiger partial charge on any atom is -0.472 e. The maximum atomic E-state index is 12.3. The van der Waals surface area contributed by atoms with E-state index in [9.17, 15) is 4.79 Å². The second-order valence-electron chi connectivity index (χ2n) is 5.40. The first-order valence-corrected chi connectivity index (χ1v) is 8.05. The van der Waals surface area contributed by atoms with Gasteiger partial charge in [0.25, 0.3) is 5.91 Å². The molecule has 0 N–H and O–H groups in total. The third kappa shape index (κ3) is 3.19. The van der Waals surface area contributed by atoms with Crippen LogP contribution in [0.15, 0.2) is 29.2 Å². The van der Waals surface area contributed by atoms with Gasteiger partial charge < -0.3 is 14.5 Å². The predicted octanol–water partition coefficient (Wildman–Crippen LogP) is 1.90. The highest BCUT2D eigenvalue weighted by atomic mass is 32.1. The average molecular weight is 318 g/mol. The van der Waals surface area contributed by atoms with E-state index in [0.717, 1.165) is 17.8 Å². The fourth-order valence-electron chi connectivity index (χ4n) is 2.39. The van der Waals surface area contributed by atoms with Crippen LogP contribution in [0.4, 0.5) is 5.82 Å². The number of rotatable bonds is 4. The molecule has 22 heavy (non-hydrogen) atoms. The van der Waals surface area contributed by atoms with E-state index in [1.54, 1.807) is 0 Å². The van der Waals surface area contributed by atoms with Crippen LogP contribution < -0.4 is 9.64 Å². The molecule has 1 saturated heterocycles. The maximum absolute atomic E-state index is 12.3. The average Bonchev–Trinajstić information content (AvgIpc) is 3.18. The lowest BCUT2D eigenvalue weighted by atomic mass is 10.3. The first-order valence-electron chi connectivity index (χ1n) is 7.11. The van der Waals surface area contributed by atoms with Gasteiger partial charge in [-0.3, -0.25) is 4.79 Å². The third-order valence-corrected chi connectivity index (χ3v) is 4.26. The zero-order valence-corrected chi connectivity index (χ0v) is 13.4. The van der Waals surface area contributed by atoms with Crippen molar-refractivity contribution in [1.82, 2.24) is 14.9 Å². The van der Waals surface area contributed by atoms with Gasteiger partial charge in [0.2, 0.25) is 5.88 Å². The van der Waals surface area contributed by atoms with E-state index in [0.29, 0.717) is 19.0 Å². The lowest BCUT2D eigenvalue weighted by Gasteiger charge is -2.17. The molecule has 7 heteroatoms. The number of carbonyl (C=O) groups excluding carboxylic acids is 1. The second-order valence-corrected chi connectivity index (χ2v) is 6.18. The van der Waals surface area contributed by atoms with Crippen LogP contribution in [0.3, 0.4) is 0 Å². The van der Waals surface area contributed by atoms with E-state index in [-0.39, 0.29) is 12.0 Å². The third-order valence-electron chi connectivity index (χ3n) is 3.57. The number of ether oxygens (including phenoxy) is 1. The molecule has 2 aromatic rings. The van der Waals surface area contributed by atoms with Crippen LogP contribution in [0.1, 0.15) is 16.8 Å². The van der Waals surface area contributed by atoms with E-state index in [2.05, 4.69) is 9.97 Å². The first-order chi connectivity index (χ1) is 10.6. The number of amides is 1. The van der Waals surface area contributed by atoms with Gasteiger partial charge in [-0.1, -0.05) is 0 Å². The van der Waals surface area contributed by atoms with Crippen molar-refractivity contribution in [3.63, 3.8) is 0 Å². The van der Waals surface area contributed by atoms with Crippen molar-refractivity contribution < 1.29 is 9.53 Å². The van der Waals surface area contributed by atoms with Crippen molar-refractivity contribution in [3.8, 4) is 5.88 Å². The number of anilines is 1. The van der Waals surface area contributed by atoms with E-state index in [4.69, 9.17) is 4.74 Å². The van der Waals surface area contributed by atoms with Crippen molar-refractivity contribution >= 4 is 23.1 Å². The van der Waals surface area contributed by atoms with Crippen molar-refractivity contribution in [2.45, 2.75) is 12.5 Å². The molecule has 0 aliphatic carbocycles. The molecule has 0 radical (unpaired) electrons. The topological polar surface area (TPSA) is 58.6 Å². The minimum atomic E-state index is -0.0208. The molecule has 1 atom stereocenters. The fourth-order valence-corrected chi connectivity index (χ4v) is 3.02. The molecule has 116 valence electrons. The molecule has 6 nitrogen and oxygen atoms in total. The summed E-state index contributed by atoms with van der Waals surface area (Å²) in [4.78, 5) is 24.3. The fraction of sp³-hybridized carbons (Fsp3) is 0.400. The molecule has 0 aromatic carbocycles. The summed E-state index contributed by atoms with van der Waals surface area (Å²) in [5, 5.41) is 3.80. The number of carbonyl (C=O) groups is 1. The van der Waals surface area contributed by atoms with E-state index >= 15 is 0 Å². The summed E-state index contributed by atoms with van der Waals surface area (Å²) in [5.74, 6) is 1.42. The highest BCUT2D eigenvalue weighted by molar-refractivity contribution is 7.08. The molecule has 1 aliphatic heterocycles. The highest BCUT2D eigenvalue weighted by Crippen LogP contribution is 2.21. The van der Waals surface area contributed by atoms with Gasteiger partial charge in [0, 0.05) is 38.5 Å². The van der Waals surface area contributed by atoms with Gasteiger partial charge in [-0.05, 0) is 11.4 Å². The molecule has 0 saturated carbocycles. The summed E-state index contributed by atoms with van der Waals surface area (Å²) in [6.45, 7) is 1.31. The van der Waals surface area contributed by atoms with Gasteiger partial charge >= 0.3 is 0 Å². The Balaban J connectivity index is 1.61. The van der Waals surface area contributed by atoms with Crippen LogP contribution in [-0.4, -0.2) is 54.1 Å². The number of likely N-dealkylation sites (tertiary alicyclic amines) is 1. The number of nitrogens with zero attached hydrogens (tertiary/aromatic N) is 4. The van der Waals surface area contributed by atoms with Crippen LogP contribution >= 0.6 is 11.3 Å². The monoisotopic (exact) mass is 318 g/mol. The molecule has 2 aromatic heterocycles. The maximum Gasteiger partial charge on any atom is 0.254 e. The van der Waals surface area contributed by atoms with Gasteiger partial charge in [0.15, 0.2) is 0 Å². The Bertz CT molecular complexity index is 645. The summed E-state index contributed by atoms with van der Waals surface area (Å²) in [6, 6.07) is 3.67. The molecule has 1 fully saturated rings. The lowest BCUT2D eigenvalue weighted by molar-refractivity contribution is 0.0771. The van der Waals surface area contributed by atoms with Gasteiger partial charge in [0.05, 0.1) is 12.1 Å². The molecule has 3 rings (SSSR count). The van der Waals surface area contributed by atoms with Crippen LogP contribution in [0.25, 0.3) is 0 Å². The van der Waals surface area contributed by atoms with Crippen LogP contribution in [0, 0.1) is 0 Å². The molecule has 3 heterocycles. The van der Waals surface area contributed by atoms with Gasteiger partial charge in [0.1, 0.15) is 18.2 Å². The Morgan fingerprint density at radius 3 is 3.05 bits per heavy atom. The molecule has 0 spiro atoms. The lowest BCUT2D eigenvalue weighted by Crippen LogP contribution is -2.30. The summed E-state index contributed by atoms with van der Waals surface area (Å²) < 4.78 is 5.89. The Morgan fingerprint density at radius 2 is 2.32 bits per heavy atom. The molecule has 1 aliphatic rings. The van der Waals surface area contributed by atoms with Crippen molar-refractivity contribution in [2.75, 3.05) is 32.1 Å². The van der Waals surface area contributed by atoms with Gasteiger partial charge in [-0.25, -0.2) is 9.97 Å². The zero-order chi connectivity index (χ0) is 15.5. The van der Waals surface area contributed by atoms with Crippen molar-refractivity contribution in [3.05, 3.63) is 34.8 Å². The van der Waals surface area contributed by atoms with Crippen LogP contribution in [-0.2, 0) is 0 Å². The van der Waals surface area contributed by atoms with E-state index in [1.165, 1.54) is 17.7 Å². The number of thiophene rings is 1. The van der Waals surface area contributed by atoms with Gasteiger partial charge in [-0.2, -0.15) is 11.3 Å². The zero-order valence-electron chi connectivity index (χ0n) is 12.6. The molecule has 1 amide bonds. The summed E-state index contributed by atoms with van der Waals surface area (Å²) >= 11 is 1.53. The SMILES string of the molecule is CN(C)c1cc(OC2CCN(C(=O)c3ccsc3)C2)ncn1. The standard InChI is InChI=1S/C15H18N4O2S/c1-18(2)13-7-14(17-10-16-13)21-12-3-5-19(8-12)15(20)11-4-6-22-9-11/h4,6-7,9-10,12H,3,5,8H2,1-2H3. The largest absolute Gasteiger partial charge is 0.472 e. The smallest absolute Gasteiger partial charge is 0.254 e. The normalized spacial score (nSPS) is 17.5. The summed E-state index contributed by atoms with van der Waals surface area (Å²) in [5.41, 5.74) is 0.752. The second kappa shape index (κ2) is 6.31. The summed E-state index contributed by atoms with van der Waals surface area (Å²) in [7, 11) is 3.84. The quantitative estimate of drug-likeness (QED) is 0.862. The van der Waals surface area contributed by atoms with Crippen LogP contribution in [0.2, 0.25) is 0 Å². The van der Waals surface area contributed by atoms with E-state index < -0.39 is 0 Å². The summed E-state index contributed by atoms with van der Waals surface area (Å²) in [6.07, 6.45) is 2.29. The minimum absolute atomic E-state index is 0.0208. The number of hydrogen-bond donors (Lipinski definition) is 0. The predicted molar refractivity (Wildman–Crippen MR) is 85.6 cm³/mol. The molecular formula is C15H18N4O2S. The molecular weight excluding hydrogens is 300 g/mol. The Kier molecular flexibility index (Phi) is 4.24. The van der Waals surface area contributed by atoms with E-state index in [1.807, 2.05) is 46.8 Å². The molecule has 0 bridgehead atoms. The Morgan fingerprint density at radius 1 is 1.45 bits per heavy atom. The molecule has 1 unspecified atom stereocenters. The highest BCUT2D eigenvalue weighted by Gasteiger charge is 2.28. The van der Waals surface area contributed by atoms with Crippen molar-refractivity contribution in [1.29, 1.82) is 0 Å². The van der Waals surface area contributed by atoms with Crippen LogP contribution in [0.5, 0.6) is 5.88 Å². The Hall–Kier alpha value is -2.15. The first kappa shape index (κ1) is 14.8. The van der Waals surface area contributed by atoms with Crippen molar-refractivity contribution in [2.24, 2.45) is 0 Å². The Labute approximate surface area is 133 Å². The van der Waals surface area contributed by atoms with Gasteiger partial charge in [-0.15, -0.1) is 0 Å². The number of aromatic nitrogens is 2. The number of hydrogen-bond acceptors (Lipinski definition) is 6.